The Kier molecular flexibility index (Phi) is 3.41. The molecule has 2 heterocycles. The van der Waals surface area contributed by atoms with Gasteiger partial charge in [-0.25, -0.2) is 0 Å². The number of nitrogens with one attached hydrogen (secondary N) is 1. The Balaban J connectivity index is 1.56. The summed E-state index contributed by atoms with van der Waals surface area (Å²) in [6, 6.07) is 6.45. The Bertz CT molecular complexity index is 419. The second kappa shape index (κ2) is 5.19. The largest absolute Gasteiger partial charge is 0.493 e. The van der Waals surface area contributed by atoms with E-state index in [9.17, 15) is 0 Å². The van der Waals surface area contributed by atoms with E-state index in [0.29, 0.717) is 5.92 Å². The first-order valence-electron chi connectivity index (χ1n) is 6.99. The molecule has 3 nitrogen and oxygen atoms in total. The number of hydrogen-bond donors (Lipinski definition) is 1. The van der Waals surface area contributed by atoms with Crippen LogP contribution in [-0.2, 0) is 6.42 Å². The van der Waals surface area contributed by atoms with Crippen LogP contribution in [-0.4, -0.2) is 38.2 Å². The van der Waals surface area contributed by atoms with Crippen molar-refractivity contribution in [3.05, 3.63) is 23.8 Å². The lowest BCUT2D eigenvalue weighted by Gasteiger charge is -2.29. The summed E-state index contributed by atoms with van der Waals surface area (Å²) in [5.41, 5.74) is 2.67. The minimum atomic E-state index is 0.685. The van der Waals surface area contributed by atoms with Gasteiger partial charge in [0.2, 0.25) is 0 Å². The summed E-state index contributed by atoms with van der Waals surface area (Å²) in [6.45, 7) is 4.32. The van der Waals surface area contributed by atoms with Gasteiger partial charge in [0.1, 0.15) is 5.75 Å². The van der Waals surface area contributed by atoms with E-state index >= 15 is 0 Å². The summed E-state index contributed by atoms with van der Waals surface area (Å²) < 4.78 is 5.95. The highest BCUT2D eigenvalue weighted by atomic mass is 16.5. The topological polar surface area (TPSA) is 24.5 Å². The van der Waals surface area contributed by atoms with Crippen molar-refractivity contribution in [3.63, 3.8) is 0 Å². The van der Waals surface area contributed by atoms with Crippen molar-refractivity contribution in [1.82, 2.24) is 4.90 Å². The van der Waals surface area contributed by atoms with Gasteiger partial charge < -0.3 is 15.0 Å². The molecule has 2 aliphatic heterocycles. The molecular weight excluding hydrogens is 224 g/mol. The number of nitrogens with zero attached hydrogens (tertiary/aromatic N) is 1. The smallest absolute Gasteiger partial charge is 0.121 e. The molecule has 3 rings (SSSR count). The average molecular weight is 246 g/mol. The second-order valence-electron chi connectivity index (χ2n) is 5.58. The number of hydrogen-bond acceptors (Lipinski definition) is 3. The van der Waals surface area contributed by atoms with Gasteiger partial charge in [0, 0.05) is 30.8 Å². The normalized spacial score (nSPS) is 23.5. The Morgan fingerprint density at radius 1 is 1.44 bits per heavy atom. The predicted molar refractivity (Wildman–Crippen MR) is 74.4 cm³/mol. The van der Waals surface area contributed by atoms with E-state index < -0.39 is 0 Å². The molecule has 0 bridgehead atoms. The molecule has 1 aromatic rings. The van der Waals surface area contributed by atoms with Crippen LogP contribution in [0.1, 0.15) is 18.4 Å². The fraction of sp³-hybridized carbons (Fsp3) is 0.600. The molecule has 1 aromatic carbocycles. The van der Waals surface area contributed by atoms with Crippen molar-refractivity contribution in [2.75, 3.05) is 38.6 Å². The van der Waals surface area contributed by atoms with Gasteiger partial charge in [0.25, 0.3) is 0 Å². The van der Waals surface area contributed by atoms with Gasteiger partial charge in [-0.2, -0.15) is 0 Å². The maximum Gasteiger partial charge on any atom is 0.121 e. The minimum absolute atomic E-state index is 0.685. The van der Waals surface area contributed by atoms with E-state index in [2.05, 4.69) is 35.5 Å². The van der Waals surface area contributed by atoms with Crippen LogP contribution in [0, 0.1) is 5.92 Å². The van der Waals surface area contributed by atoms with Crippen LogP contribution in [0.4, 0.5) is 5.69 Å². The molecule has 18 heavy (non-hydrogen) atoms. The van der Waals surface area contributed by atoms with Crippen LogP contribution in [0.2, 0.25) is 0 Å². The highest BCUT2D eigenvalue weighted by Crippen LogP contribution is 2.27. The van der Waals surface area contributed by atoms with E-state index in [-0.39, 0.29) is 0 Å². The van der Waals surface area contributed by atoms with Crippen molar-refractivity contribution >= 4 is 5.69 Å². The molecule has 3 heteroatoms. The molecular formula is C15H22N2O. The fourth-order valence-corrected chi connectivity index (χ4v) is 2.98. The second-order valence-corrected chi connectivity index (χ2v) is 5.58. The highest BCUT2D eigenvalue weighted by Gasteiger charge is 2.18. The molecule has 0 amide bonds. The molecule has 1 fully saturated rings. The summed E-state index contributed by atoms with van der Waals surface area (Å²) in [5, 5.41) is 3.40. The molecule has 0 saturated carbocycles. The van der Waals surface area contributed by atoms with Crippen molar-refractivity contribution < 1.29 is 4.74 Å². The number of ether oxygens (including phenoxy) is 1. The van der Waals surface area contributed by atoms with Crippen molar-refractivity contribution in [3.8, 4) is 5.75 Å². The Hall–Kier alpha value is -1.22. The summed E-state index contributed by atoms with van der Waals surface area (Å²) >= 11 is 0. The molecule has 1 unspecified atom stereocenters. The number of anilines is 1. The maximum atomic E-state index is 5.95. The third kappa shape index (κ3) is 2.61. The summed E-state index contributed by atoms with van der Waals surface area (Å²) in [6.07, 6.45) is 3.74. The standard InChI is InChI=1S/C15H22N2O/c1-17-8-2-3-12(10-17)11-18-14-5-4-13-6-7-16-15(13)9-14/h4-5,9,12,16H,2-3,6-8,10-11H2,1H3. The van der Waals surface area contributed by atoms with Gasteiger partial charge in [-0.05, 0) is 44.5 Å². The zero-order valence-electron chi connectivity index (χ0n) is 11.1. The first-order chi connectivity index (χ1) is 8.81. The molecule has 0 spiro atoms. The van der Waals surface area contributed by atoms with Gasteiger partial charge >= 0.3 is 0 Å². The maximum absolute atomic E-state index is 5.95. The average Bonchev–Trinajstić information content (AvgIpc) is 2.84. The van der Waals surface area contributed by atoms with Gasteiger partial charge in [0.05, 0.1) is 6.61 Å². The van der Waals surface area contributed by atoms with E-state index in [0.717, 1.165) is 25.3 Å². The molecule has 98 valence electrons. The number of piperidine rings is 1. The van der Waals surface area contributed by atoms with E-state index in [1.54, 1.807) is 0 Å². The van der Waals surface area contributed by atoms with Gasteiger partial charge in [-0.3, -0.25) is 0 Å². The number of benzene rings is 1. The fourth-order valence-electron chi connectivity index (χ4n) is 2.98. The van der Waals surface area contributed by atoms with Crippen molar-refractivity contribution in [1.29, 1.82) is 0 Å². The molecule has 2 aliphatic rings. The van der Waals surface area contributed by atoms with E-state index in [1.807, 2.05) is 0 Å². The van der Waals surface area contributed by atoms with Crippen LogP contribution < -0.4 is 10.1 Å². The first kappa shape index (κ1) is 11.8. The van der Waals surface area contributed by atoms with Crippen molar-refractivity contribution in [2.24, 2.45) is 5.92 Å². The van der Waals surface area contributed by atoms with Crippen LogP contribution in [0.15, 0.2) is 18.2 Å². The number of rotatable bonds is 3. The zero-order valence-corrected chi connectivity index (χ0v) is 11.1. The molecule has 0 radical (unpaired) electrons. The van der Waals surface area contributed by atoms with Crippen LogP contribution >= 0.6 is 0 Å². The quantitative estimate of drug-likeness (QED) is 0.886. The van der Waals surface area contributed by atoms with Crippen LogP contribution in [0.5, 0.6) is 5.75 Å². The highest BCUT2D eigenvalue weighted by molar-refractivity contribution is 5.58. The van der Waals surface area contributed by atoms with E-state index in [4.69, 9.17) is 4.74 Å². The summed E-state index contributed by atoms with van der Waals surface area (Å²) in [4.78, 5) is 2.40. The first-order valence-corrected chi connectivity index (χ1v) is 6.99. The summed E-state index contributed by atoms with van der Waals surface area (Å²) in [7, 11) is 2.20. The van der Waals surface area contributed by atoms with Crippen molar-refractivity contribution in [2.45, 2.75) is 19.3 Å². The van der Waals surface area contributed by atoms with Gasteiger partial charge in [-0.1, -0.05) is 6.07 Å². The molecule has 1 saturated heterocycles. The van der Waals surface area contributed by atoms with E-state index in [1.165, 1.54) is 37.2 Å². The zero-order chi connectivity index (χ0) is 12.4. The lowest BCUT2D eigenvalue weighted by atomic mass is 9.99. The SMILES string of the molecule is CN1CCCC(COc2ccc3c(c2)NCC3)C1. The summed E-state index contributed by atoms with van der Waals surface area (Å²) in [5.74, 6) is 1.70. The lowest BCUT2D eigenvalue weighted by Crippen LogP contribution is -2.34. The Morgan fingerprint density at radius 3 is 3.28 bits per heavy atom. The lowest BCUT2D eigenvalue weighted by molar-refractivity contribution is 0.150. The monoisotopic (exact) mass is 246 g/mol. The third-order valence-corrected chi connectivity index (χ3v) is 4.00. The Morgan fingerprint density at radius 2 is 2.39 bits per heavy atom. The van der Waals surface area contributed by atoms with Gasteiger partial charge in [-0.15, -0.1) is 0 Å². The number of likely N-dealkylation sites (tertiary alicyclic amines) is 1. The third-order valence-electron chi connectivity index (χ3n) is 4.00. The minimum Gasteiger partial charge on any atom is -0.493 e. The molecule has 0 aliphatic carbocycles. The van der Waals surface area contributed by atoms with Crippen LogP contribution in [0.3, 0.4) is 0 Å². The molecule has 1 N–H and O–H groups in total. The van der Waals surface area contributed by atoms with Crippen LogP contribution in [0.25, 0.3) is 0 Å². The van der Waals surface area contributed by atoms with Gasteiger partial charge in [0.15, 0.2) is 0 Å². The Labute approximate surface area is 109 Å². The number of fused-ring (bicyclic) bond motifs is 1. The molecule has 1 atom stereocenters. The predicted octanol–water partition coefficient (Wildman–Crippen LogP) is 2.38. The molecule has 0 aromatic heterocycles.